The summed E-state index contributed by atoms with van der Waals surface area (Å²) in [4.78, 5) is 0. The van der Waals surface area contributed by atoms with Gasteiger partial charge in [-0.15, -0.1) is 0 Å². The van der Waals surface area contributed by atoms with E-state index in [-0.39, 0.29) is 0 Å². The number of allylic oxidation sites excluding steroid dienone is 3. The van der Waals surface area contributed by atoms with E-state index in [4.69, 9.17) is 13.3 Å². The van der Waals surface area contributed by atoms with Crippen LogP contribution in [0.5, 0.6) is 0 Å². The molecule has 18 heavy (non-hydrogen) atoms. The lowest BCUT2D eigenvalue weighted by Gasteiger charge is -2.32. The van der Waals surface area contributed by atoms with Gasteiger partial charge in [0.1, 0.15) is 0 Å². The molecule has 0 N–H and O–H groups in total. The second kappa shape index (κ2) is 8.64. The van der Waals surface area contributed by atoms with Gasteiger partial charge in [0.2, 0.25) is 0 Å². The summed E-state index contributed by atoms with van der Waals surface area (Å²) in [5.74, 6) is 0. The van der Waals surface area contributed by atoms with E-state index >= 15 is 0 Å². The molecule has 0 aliphatic heterocycles. The summed E-state index contributed by atoms with van der Waals surface area (Å²) in [7, 11) is -2.62. The van der Waals surface area contributed by atoms with E-state index in [0.717, 1.165) is 12.8 Å². The fourth-order valence-electron chi connectivity index (χ4n) is 2.15. The molecule has 0 heterocycles. The number of rotatable bonds is 8. The third-order valence-electron chi connectivity index (χ3n) is 2.96. The summed E-state index contributed by atoms with van der Waals surface area (Å²) in [6.07, 6.45) is 10.9. The fourth-order valence-corrected chi connectivity index (χ4v) is 4.91. The SMILES string of the molecule is C/C=C/CO[Si](OCC)(OCC)C1=CCCCC1. The molecule has 0 unspecified atom stereocenters. The molecule has 0 bridgehead atoms. The van der Waals surface area contributed by atoms with Gasteiger partial charge in [-0.3, -0.25) is 0 Å². The second-order valence-corrected chi connectivity index (χ2v) is 6.90. The molecule has 3 nitrogen and oxygen atoms in total. The van der Waals surface area contributed by atoms with Crippen LogP contribution in [0.1, 0.15) is 46.5 Å². The maximum absolute atomic E-state index is 6.03. The summed E-state index contributed by atoms with van der Waals surface area (Å²) >= 11 is 0. The van der Waals surface area contributed by atoms with Crippen molar-refractivity contribution in [2.45, 2.75) is 46.5 Å². The van der Waals surface area contributed by atoms with Crippen molar-refractivity contribution in [3.8, 4) is 0 Å². The van der Waals surface area contributed by atoms with E-state index in [2.05, 4.69) is 6.08 Å². The molecule has 0 atom stereocenters. The lowest BCUT2D eigenvalue weighted by atomic mass is 10.1. The molecule has 4 heteroatoms. The van der Waals surface area contributed by atoms with Crippen LogP contribution in [0.2, 0.25) is 0 Å². The zero-order valence-electron chi connectivity index (χ0n) is 11.9. The maximum Gasteiger partial charge on any atom is 0.532 e. The minimum atomic E-state index is -2.62. The highest BCUT2D eigenvalue weighted by atomic mass is 28.4. The molecule has 0 aromatic rings. The Bertz CT molecular complexity index is 281. The Morgan fingerprint density at radius 2 is 1.89 bits per heavy atom. The molecule has 1 rings (SSSR count). The molecular weight excluding hydrogens is 244 g/mol. The van der Waals surface area contributed by atoms with Crippen LogP contribution >= 0.6 is 0 Å². The molecule has 1 aliphatic carbocycles. The van der Waals surface area contributed by atoms with Gasteiger partial charge in [-0.05, 0) is 51.7 Å². The zero-order valence-corrected chi connectivity index (χ0v) is 12.9. The molecule has 0 aromatic heterocycles. The molecule has 0 spiro atoms. The minimum absolute atomic E-state index is 0.570. The van der Waals surface area contributed by atoms with Gasteiger partial charge in [0, 0.05) is 13.2 Å². The van der Waals surface area contributed by atoms with Gasteiger partial charge in [-0.25, -0.2) is 0 Å². The predicted octanol–water partition coefficient (Wildman–Crippen LogP) is 3.63. The molecule has 1 aliphatic rings. The van der Waals surface area contributed by atoms with E-state index < -0.39 is 8.80 Å². The van der Waals surface area contributed by atoms with Crippen LogP contribution in [0.4, 0.5) is 0 Å². The summed E-state index contributed by atoms with van der Waals surface area (Å²) in [6, 6.07) is 0. The Labute approximate surface area is 112 Å². The monoisotopic (exact) mass is 270 g/mol. The zero-order chi connectivity index (χ0) is 13.3. The normalized spacial score (nSPS) is 17.2. The lowest BCUT2D eigenvalue weighted by Crippen LogP contribution is -2.49. The molecule has 0 saturated carbocycles. The Hall–Kier alpha value is -0.423. The summed E-state index contributed by atoms with van der Waals surface area (Å²) < 4.78 is 17.9. The lowest BCUT2D eigenvalue weighted by molar-refractivity contribution is 0.0840. The average molecular weight is 270 g/mol. The van der Waals surface area contributed by atoms with Crippen LogP contribution in [-0.2, 0) is 13.3 Å². The predicted molar refractivity (Wildman–Crippen MR) is 76.3 cm³/mol. The van der Waals surface area contributed by atoms with E-state index in [1.54, 1.807) is 0 Å². The van der Waals surface area contributed by atoms with Crippen molar-refractivity contribution in [1.82, 2.24) is 0 Å². The van der Waals surface area contributed by atoms with Crippen LogP contribution in [0.3, 0.4) is 0 Å². The van der Waals surface area contributed by atoms with Crippen LogP contribution in [0, 0.1) is 0 Å². The Morgan fingerprint density at radius 3 is 2.39 bits per heavy atom. The molecule has 0 aromatic carbocycles. The van der Waals surface area contributed by atoms with Crippen molar-refractivity contribution in [2.75, 3.05) is 19.8 Å². The molecule has 0 radical (unpaired) electrons. The first-order valence-electron chi connectivity index (χ1n) is 7.01. The van der Waals surface area contributed by atoms with Crippen LogP contribution in [0.15, 0.2) is 23.4 Å². The first-order chi connectivity index (χ1) is 8.79. The molecule has 104 valence electrons. The highest BCUT2D eigenvalue weighted by Crippen LogP contribution is 2.29. The van der Waals surface area contributed by atoms with E-state index in [0.29, 0.717) is 19.8 Å². The van der Waals surface area contributed by atoms with Gasteiger partial charge in [0.25, 0.3) is 0 Å². The second-order valence-electron chi connectivity index (χ2n) is 4.28. The van der Waals surface area contributed by atoms with Crippen LogP contribution < -0.4 is 0 Å². The average Bonchev–Trinajstić information content (AvgIpc) is 2.40. The van der Waals surface area contributed by atoms with Gasteiger partial charge in [0.05, 0.1) is 6.61 Å². The molecular formula is C14H26O3Si. The van der Waals surface area contributed by atoms with Crippen molar-refractivity contribution in [1.29, 1.82) is 0 Å². The maximum atomic E-state index is 6.03. The number of hydrogen-bond acceptors (Lipinski definition) is 3. The fraction of sp³-hybridized carbons (Fsp3) is 0.714. The Morgan fingerprint density at radius 1 is 1.17 bits per heavy atom. The standard InChI is InChI=1S/C14H26O3Si/c1-4-7-13-17-18(15-5-2,16-6-3)14-11-9-8-10-12-14/h4,7,11H,5-6,8-10,12-13H2,1-3H3/b7-4+. The minimum Gasteiger partial charge on any atom is -0.370 e. The van der Waals surface area contributed by atoms with Crippen molar-refractivity contribution in [3.05, 3.63) is 23.4 Å². The number of hydrogen-bond donors (Lipinski definition) is 0. The van der Waals surface area contributed by atoms with Gasteiger partial charge < -0.3 is 13.3 Å². The van der Waals surface area contributed by atoms with Gasteiger partial charge >= 0.3 is 8.80 Å². The third kappa shape index (κ3) is 4.35. The summed E-state index contributed by atoms with van der Waals surface area (Å²) in [5.41, 5.74) is 0. The topological polar surface area (TPSA) is 27.7 Å². The molecule has 0 saturated heterocycles. The largest absolute Gasteiger partial charge is 0.532 e. The first-order valence-corrected chi connectivity index (χ1v) is 8.74. The van der Waals surface area contributed by atoms with Crippen molar-refractivity contribution < 1.29 is 13.3 Å². The van der Waals surface area contributed by atoms with Crippen molar-refractivity contribution in [3.63, 3.8) is 0 Å². The van der Waals surface area contributed by atoms with Gasteiger partial charge in [0.15, 0.2) is 0 Å². The Balaban J connectivity index is 2.83. The summed E-state index contributed by atoms with van der Waals surface area (Å²) in [6.45, 7) is 7.85. The molecule has 0 amide bonds. The van der Waals surface area contributed by atoms with E-state index in [1.165, 1.54) is 18.0 Å². The van der Waals surface area contributed by atoms with Crippen molar-refractivity contribution in [2.24, 2.45) is 0 Å². The highest BCUT2D eigenvalue weighted by molar-refractivity contribution is 6.68. The molecule has 0 fully saturated rings. The quantitative estimate of drug-likeness (QED) is 0.498. The Kier molecular flexibility index (Phi) is 7.50. The van der Waals surface area contributed by atoms with Gasteiger partial charge in [-0.1, -0.05) is 18.2 Å². The third-order valence-corrected chi connectivity index (χ3v) is 6.08. The van der Waals surface area contributed by atoms with Gasteiger partial charge in [-0.2, -0.15) is 0 Å². The van der Waals surface area contributed by atoms with Crippen molar-refractivity contribution >= 4 is 8.80 Å². The first kappa shape index (κ1) is 15.6. The van der Waals surface area contributed by atoms with Crippen LogP contribution in [0.25, 0.3) is 0 Å². The van der Waals surface area contributed by atoms with E-state index in [1.807, 2.05) is 32.9 Å². The highest BCUT2D eigenvalue weighted by Gasteiger charge is 2.45. The summed E-state index contributed by atoms with van der Waals surface area (Å²) in [5, 5.41) is 1.28. The smallest absolute Gasteiger partial charge is 0.370 e. The van der Waals surface area contributed by atoms with E-state index in [9.17, 15) is 0 Å². The van der Waals surface area contributed by atoms with Crippen LogP contribution in [-0.4, -0.2) is 28.6 Å².